The van der Waals surface area contributed by atoms with Gasteiger partial charge in [-0.25, -0.2) is 9.97 Å². The molecule has 4 heteroatoms. The first kappa shape index (κ1) is 10.4. The van der Waals surface area contributed by atoms with Crippen molar-refractivity contribution in [2.75, 3.05) is 24.5 Å². The summed E-state index contributed by atoms with van der Waals surface area (Å²) in [6, 6.07) is 0.577. The van der Waals surface area contributed by atoms with Crippen molar-refractivity contribution in [2.24, 2.45) is 0 Å². The Hall–Kier alpha value is -1.16. The molecule has 2 rings (SSSR count). The monoisotopic (exact) mass is 206 g/mol. The fourth-order valence-corrected chi connectivity index (χ4v) is 1.71. The van der Waals surface area contributed by atoms with Crippen LogP contribution in [0.25, 0.3) is 0 Å². The minimum atomic E-state index is 0.577. The van der Waals surface area contributed by atoms with Crippen LogP contribution in [-0.2, 0) is 0 Å². The first-order chi connectivity index (χ1) is 7.31. The van der Waals surface area contributed by atoms with Gasteiger partial charge in [0.2, 0.25) is 5.95 Å². The number of nitrogens with zero attached hydrogens (tertiary/aromatic N) is 3. The molecule has 1 aromatic rings. The molecule has 1 aliphatic heterocycles. The second-order valence-corrected chi connectivity index (χ2v) is 4.07. The quantitative estimate of drug-likeness (QED) is 0.797. The molecule has 1 N–H and O–H groups in total. The lowest BCUT2D eigenvalue weighted by atomic mass is 10.1. The lowest BCUT2D eigenvalue weighted by Gasteiger charge is -2.38. The molecule has 0 aliphatic carbocycles. The Bertz CT molecular complexity index is 305. The zero-order valence-corrected chi connectivity index (χ0v) is 9.40. The van der Waals surface area contributed by atoms with Crippen molar-refractivity contribution in [3.63, 3.8) is 0 Å². The molecule has 1 saturated heterocycles. The lowest BCUT2D eigenvalue weighted by Crippen LogP contribution is -2.58. The van der Waals surface area contributed by atoms with Crippen LogP contribution >= 0.6 is 0 Å². The number of aryl methyl sites for hydroxylation is 1. The number of rotatable bonds is 4. The van der Waals surface area contributed by atoms with Crippen molar-refractivity contribution in [1.82, 2.24) is 15.3 Å². The van der Waals surface area contributed by atoms with Gasteiger partial charge in [0, 0.05) is 32.0 Å². The zero-order valence-electron chi connectivity index (χ0n) is 9.40. The van der Waals surface area contributed by atoms with E-state index in [0.717, 1.165) is 37.6 Å². The molecule has 0 radical (unpaired) electrons. The van der Waals surface area contributed by atoms with Gasteiger partial charge in [0.25, 0.3) is 0 Å². The topological polar surface area (TPSA) is 41.1 Å². The van der Waals surface area contributed by atoms with Gasteiger partial charge in [0.05, 0.1) is 6.04 Å². The highest BCUT2D eigenvalue weighted by Crippen LogP contribution is 2.14. The molecule has 15 heavy (non-hydrogen) atoms. The minimum Gasteiger partial charge on any atom is -0.335 e. The van der Waals surface area contributed by atoms with Gasteiger partial charge < -0.3 is 10.2 Å². The SMILES string of the molecule is CCCN(c1ncc(C)cn1)C1CNC1. The van der Waals surface area contributed by atoms with Crippen LogP contribution in [0.2, 0.25) is 0 Å². The maximum Gasteiger partial charge on any atom is 0.225 e. The summed E-state index contributed by atoms with van der Waals surface area (Å²) in [7, 11) is 0. The highest BCUT2D eigenvalue weighted by molar-refractivity contribution is 5.33. The first-order valence-corrected chi connectivity index (χ1v) is 5.57. The molecule has 0 spiro atoms. The Labute approximate surface area is 90.7 Å². The van der Waals surface area contributed by atoms with Crippen molar-refractivity contribution in [3.8, 4) is 0 Å². The van der Waals surface area contributed by atoms with Crippen LogP contribution in [0.5, 0.6) is 0 Å². The smallest absolute Gasteiger partial charge is 0.225 e. The van der Waals surface area contributed by atoms with E-state index in [1.165, 1.54) is 0 Å². The van der Waals surface area contributed by atoms with E-state index in [4.69, 9.17) is 0 Å². The molecule has 0 saturated carbocycles. The molecule has 0 unspecified atom stereocenters. The van der Waals surface area contributed by atoms with Gasteiger partial charge in [-0.2, -0.15) is 0 Å². The van der Waals surface area contributed by atoms with Crippen LogP contribution in [0.15, 0.2) is 12.4 Å². The maximum atomic E-state index is 4.39. The summed E-state index contributed by atoms with van der Waals surface area (Å²) in [5.74, 6) is 0.869. The van der Waals surface area contributed by atoms with Crippen molar-refractivity contribution in [1.29, 1.82) is 0 Å². The summed E-state index contributed by atoms with van der Waals surface area (Å²) in [6.07, 6.45) is 4.90. The first-order valence-electron chi connectivity index (χ1n) is 5.57. The van der Waals surface area contributed by atoms with E-state index in [-0.39, 0.29) is 0 Å². The molecule has 1 fully saturated rings. The molecular formula is C11H18N4. The normalized spacial score (nSPS) is 16.1. The van der Waals surface area contributed by atoms with Crippen molar-refractivity contribution >= 4 is 5.95 Å². The van der Waals surface area contributed by atoms with Gasteiger partial charge >= 0.3 is 0 Å². The minimum absolute atomic E-state index is 0.577. The van der Waals surface area contributed by atoms with Crippen molar-refractivity contribution in [2.45, 2.75) is 26.3 Å². The van der Waals surface area contributed by atoms with E-state index in [1.807, 2.05) is 19.3 Å². The average Bonchev–Trinajstić information content (AvgIpc) is 2.16. The Morgan fingerprint density at radius 2 is 2.07 bits per heavy atom. The Kier molecular flexibility index (Phi) is 3.16. The van der Waals surface area contributed by atoms with Gasteiger partial charge in [-0.1, -0.05) is 6.92 Å². The molecule has 2 heterocycles. The molecule has 0 amide bonds. The Morgan fingerprint density at radius 3 is 2.53 bits per heavy atom. The molecule has 0 bridgehead atoms. The van der Waals surface area contributed by atoms with Gasteiger partial charge in [0.15, 0.2) is 0 Å². The van der Waals surface area contributed by atoms with Crippen LogP contribution in [0.4, 0.5) is 5.95 Å². The number of hydrogen-bond acceptors (Lipinski definition) is 4. The molecule has 1 aromatic heterocycles. The van der Waals surface area contributed by atoms with E-state index in [0.29, 0.717) is 6.04 Å². The maximum absolute atomic E-state index is 4.39. The summed E-state index contributed by atoms with van der Waals surface area (Å²) in [6.45, 7) is 7.34. The van der Waals surface area contributed by atoms with E-state index in [9.17, 15) is 0 Å². The van der Waals surface area contributed by atoms with Crippen LogP contribution in [0.3, 0.4) is 0 Å². The summed E-state index contributed by atoms with van der Waals surface area (Å²) in [4.78, 5) is 11.1. The van der Waals surface area contributed by atoms with Gasteiger partial charge in [0.1, 0.15) is 0 Å². The summed E-state index contributed by atoms with van der Waals surface area (Å²) < 4.78 is 0. The Balaban J connectivity index is 2.12. The summed E-state index contributed by atoms with van der Waals surface area (Å²) in [5, 5.41) is 3.28. The highest BCUT2D eigenvalue weighted by atomic mass is 15.3. The van der Waals surface area contributed by atoms with Crippen LogP contribution in [-0.4, -0.2) is 35.6 Å². The molecule has 82 valence electrons. The van der Waals surface area contributed by atoms with Crippen molar-refractivity contribution < 1.29 is 0 Å². The molecule has 0 atom stereocenters. The van der Waals surface area contributed by atoms with Gasteiger partial charge in [-0.05, 0) is 18.9 Å². The van der Waals surface area contributed by atoms with E-state index in [2.05, 4.69) is 27.1 Å². The van der Waals surface area contributed by atoms with Crippen LogP contribution in [0, 0.1) is 6.92 Å². The molecular weight excluding hydrogens is 188 g/mol. The standard InChI is InChI=1S/C11H18N4/c1-3-4-15(10-7-12-8-10)11-13-5-9(2)6-14-11/h5-6,10,12H,3-4,7-8H2,1-2H3. The third-order valence-electron chi connectivity index (χ3n) is 2.69. The predicted molar refractivity (Wildman–Crippen MR) is 61.1 cm³/mol. The average molecular weight is 206 g/mol. The van der Waals surface area contributed by atoms with Crippen molar-refractivity contribution in [3.05, 3.63) is 18.0 Å². The third kappa shape index (κ3) is 2.26. The Morgan fingerprint density at radius 1 is 1.40 bits per heavy atom. The van der Waals surface area contributed by atoms with E-state index in [1.54, 1.807) is 0 Å². The molecule has 0 aromatic carbocycles. The van der Waals surface area contributed by atoms with E-state index >= 15 is 0 Å². The largest absolute Gasteiger partial charge is 0.335 e. The van der Waals surface area contributed by atoms with Gasteiger partial charge in [-0.15, -0.1) is 0 Å². The number of aromatic nitrogens is 2. The summed E-state index contributed by atoms with van der Waals surface area (Å²) >= 11 is 0. The number of hydrogen-bond donors (Lipinski definition) is 1. The summed E-state index contributed by atoms with van der Waals surface area (Å²) in [5.41, 5.74) is 1.11. The van der Waals surface area contributed by atoms with Crippen LogP contribution in [0.1, 0.15) is 18.9 Å². The molecule has 4 nitrogen and oxygen atoms in total. The molecule has 1 aliphatic rings. The second-order valence-electron chi connectivity index (χ2n) is 4.07. The zero-order chi connectivity index (χ0) is 10.7. The number of anilines is 1. The fraction of sp³-hybridized carbons (Fsp3) is 0.636. The highest BCUT2D eigenvalue weighted by Gasteiger charge is 2.25. The lowest BCUT2D eigenvalue weighted by molar-refractivity contribution is 0.408. The van der Waals surface area contributed by atoms with Gasteiger partial charge in [-0.3, -0.25) is 0 Å². The number of nitrogens with one attached hydrogen (secondary N) is 1. The van der Waals surface area contributed by atoms with E-state index < -0.39 is 0 Å². The second kappa shape index (κ2) is 4.57. The fourth-order valence-electron chi connectivity index (χ4n) is 1.71. The van der Waals surface area contributed by atoms with Crippen LogP contribution < -0.4 is 10.2 Å². The third-order valence-corrected chi connectivity index (χ3v) is 2.69. The predicted octanol–water partition coefficient (Wildman–Crippen LogP) is 0.973.